The minimum Gasteiger partial charge on any atom is -0.364 e. The maximum absolute atomic E-state index is 2.77. The van der Waals surface area contributed by atoms with Crippen LogP contribution in [0.3, 0.4) is 0 Å². The number of quaternary nitrogens is 1. The molecule has 0 radical (unpaired) electrons. The van der Waals surface area contributed by atoms with Gasteiger partial charge in [-0.05, 0) is 96.9 Å². The average Bonchev–Trinajstić information content (AvgIpc) is 3.61. The molecule has 2 heteroatoms. The van der Waals surface area contributed by atoms with Crippen molar-refractivity contribution in [2.45, 2.75) is 96.6 Å². The Morgan fingerprint density at radius 2 is 1.42 bits per heavy atom. The van der Waals surface area contributed by atoms with E-state index in [1.807, 2.05) is 0 Å². The van der Waals surface area contributed by atoms with Crippen LogP contribution in [-0.4, -0.2) is 13.1 Å². The maximum atomic E-state index is 2.77. The predicted molar refractivity (Wildman–Crippen MR) is 205 cm³/mol. The van der Waals surface area contributed by atoms with Crippen LogP contribution >= 0.6 is 0 Å². The Morgan fingerprint density at radius 3 is 2.21 bits per heavy atom. The van der Waals surface area contributed by atoms with Gasteiger partial charge in [0.25, 0.3) is 0 Å². The summed E-state index contributed by atoms with van der Waals surface area (Å²) in [6.07, 6.45) is 13.8. The van der Waals surface area contributed by atoms with Gasteiger partial charge in [-0.3, -0.25) is 4.90 Å². The number of nitrogens with one attached hydrogen (secondary N) is 1. The minimum atomic E-state index is 0.480. The van der Waals surface area contributed by atoms with Gasteiger partial charge in [-0.25, -0.2) is 0 Å². The van der Waals surface area contributed by atoms with Crippen molar-refractivity contribution in [2.24, 2.45) is 5.92 Å². The van der Waals surface area contributed by atoms with E-state index >= 15 is 0 Å². The molecule has 0 fully saturated rings. The van der Waals surface area contributed by atoms with Crippen LogP contribution in [0.2, 0.25) is 0 Å². The molecule has 2 nitrogen and oxygen atoms in total. The number of allylic oxidation sites excluding steroid dienone is 2. The minimum absolute atomic E-state index is 0.480. The molecule has 4 atom stereocenters. The highest BCUT2D eigenvalue weighted by Crippen LogP contribution is 2.49. The van der Waals surface area contributed by atoms with Gasteiger partial charge in [-0.15, -0.1) is 0 Å². The number of nitrogens with zero attached hydrogens (tertiary/aromatic N) is 1. The largest absolute Gasteiger partial charge is 0.364 e. The third kappa shape index (κ3) is 5.67. The van der Waals surface area contributed by atoms with Gasteiger partial charge >= 0.3 is 0 Å². The van der Waals surface area contributed by atoms with E-state index in [1.54, 1.807) is 32.9 Å². The highest BCUT2D eigenvalue weighted by Gasteiger charge is 2.37. The van der Waals surface area contributed by atoms with Crippen molar-refractivity contribution < 1.29 is 4.90 Å². The Balaban J connectivity index is 1.09. The first kappa shape index (κ1) is 31.4. The lowest BCUT2D eigenvalue weighted by atomic mass is 9.75. The molecule has 5 aromatic rings. The van der Waals surface area contributed by atoms with Crippen LogP contribution in [0.1, 0.15) is 113 Å². The second kappa shape index (κ2) is 13.9. The fourth-order valence-electron chi connectivity index (χ4n) is 9.84. The van der Waals surface area contributed by atoms with Crippen molar-refractivity contribution in [1.29, 1.82) is 0 Å². The average molecular weight is 634 g/mol. The van der Waals surface area contributed by atoms with E-state index in [4.69, 9.17) is 0 Å². The Kier molecular flexibility index (Phi) is 9.11. The summed E-state index contributed by atoms with van der Waals surface area (Å²) in [5.74, 6) is 0.625. The Morgan fingerprint density at radius 1 is 0.688 bits per heavy atom. The molecule has 0 spiro atoms. The summed E-state index contributed by atoms with van der Waals surface area (Å²) in [6.45, 7) is 7.05. The van der Waals surface area contributed by atoms with Crippen molar-refractivity contribution in [3.8, 4) is 0 Å². The first-order valence-corrected chi connectivity index (χ1v) is 19.2. The monoisotopic (exact) mass is 633 g/mol. The molecule has 1 N–H and O–H groups in total. The highest BCUT2D eigenvalue weighted by atomic mass is 15.2. The molecule has 246 valence electrons. The molecule has 2 heterocycles. The molecular weight excluding hydrogens is 581 g/mol. The number of hydrogen-bond donors (Lipinski definition) is 1. The smallest absolute Gasteiger partial charge is 0.140 e. The van der Waals surface area contributed by atoms with E-state index in [2.05, 4.69) is 122 Å². The van der Waals surface area contributed by atoms with Crippen molar-refractivity contribution in [3.05, 3.63) is 125 Å². The molecule has 0 bridgehead atoms. The van der Waals surface area contributed by atoms with Gasteiger partial charge in [0, 0.05) is 29.6 Å². The number of anilines is 1. The summed E-state index contributed by atoms with van der Waals surface area (Å²) >= 11 is 0. The molecule has 48 heavy (non-hydrogen) atoms. The van der Waals surface area contributed by atoms with Crippen LogP contribution in [0.5, 0.6) is 0 Å². The molecule has 8 rings (SSSR count). The van der Waals surface area contributed by atoms with Gasteiger partial charge in [0.05, 0.1) is 18.0 Å². The zero-order valence-electron chi connectivity index (χ0n) is 29.2. The van der Waals surface area contributed by atoms with Gasteiger partial charge in [0.15, 0.2) is 0 Å². The summed E-state index contributed by atoms with van der Waals surface area (Å²) in [5, 5.41) is 5.86. The summed E-state index contributed by atoms with van der Waals surface area (Å²) in [7, 11) is 0. The van der Waals surface area contributed by atoms with Crippen LogP contribution < -0.4 is 9.80 Å². The van der Waals surface area contributed by atoms with Crippen LogP contribution in [0, 0.1) is 5.92 Å². The highest BCUT2D eigenvalue weighted by molar-refractivity contribution is 6.00. The van der Waals surface area contributed by atoms with E-state index < -0.39 is 0 Å². The van der Waals surface area contributed by atoms with Crippen LogP contribution in [0.4, 0.5) is 11.4 Å². The molecule has 1 aliphatic carbocycles. The van der Waals surface area contributed by atoms with Crippen LogP contribution in [0.25, 0.3) is 27.1 Å². The fraction of sp³-hybridized carbons (Fsp3) is 0.391. The van der Waals surface area contributed by atoms with Crippen molar-refractivity contribution in [3.63, 3.8) is 0 Å². The van der Waals surface area contributed by atoms with E-state index in [0.717, 1.165) is 6.54 Å². The zero-order chi connectivity index (χ0) is 32.5. The number of hydrogen-bond acceptors (Lipinski definition) is 1. The second-order valence-corrected chi connectivity index (χ2v) is 14.8. The molecular formula is C46H53N2+. The standard InChI is InChI=1S/C46H52N2/c1-3-5-31-47-40(38-23-11-19-34-21-13-25-42(47)45(34)38)29-27-36-17-10-18-37(44(36)33-15-8-7-9-16-33)28-30-41-39-24-12-20-35-22-14-26-43(46(35)39)48(41)32-6-4-2/h7-9,11-16,19-26,36,40-41H,3-6,10,17-18,27-32H2,1-2H3/p+1. The quantitative estimate of drug-likeness (QED) is 0.136. The Bertz CT molecular complexity index is 1910. The van der Waals surface area contributed by atoms with Gasteiger partial charge in [-0.2, -0.15) is 0 Å². The lowest BCUT2D eigenvalue weighted by Crippen LogP contribution is -3.06. The molecule has 0 saturated carbocycles. The zero-order valence-corrected chi connectivity index (χ0v) is 29.2. The van der Waals surface area contributed by atoms with Gasteiger partial charge in [0.2, 0.25) is 0 Å². The SMILES string of the molecule is CCCCN1c2cccc3cccc(c23)C1CCC1CCCC(CCC2c3cccc4cccc(c34)[NH+]2CCCC)=C1c1ccccc1. The Hall–Kier alpha value is -3.88. The predicted octanol–water partition coefficient (Wildman–Crippen LogP) is 11.5. The summed E-state index contributed by atoms with van der Waals surface area (Å²) in [5.41, 5.74) is 11.1. The molecule has 0 aromatic heterocycles. The van der Waals surface area contributed by atoms with E-state index in [1.165, 1.54) is 110 Å². The molecule has 3 aliphatic rings. The summed E-state index contributed by atoms with van der Waals surface area (Å²) in [4.78, 5) is 4.48. The number of benzene rings is 5. The molecule has 0 saturated heterocycles. The van der Waals surface area contributed by atoms with Crippen molar-refractivity contribution >= 4 is 38.5 Å². The molecule has 5 aromatic carbocycles. The third-order valence-electron chi connectivity index (χ3n) is 12.0. The van der Waals surface area contributed by atoms with Gasteiger partial charge in [-0.1, -0.05) is 123 Å². The van der Waals surface area contributed by atoms with Crippen molar-refractivity contribution in [1.82, 2.24) is 0 Å². The topological polar surface area (TPSA) is 7.68 Å². The van der Waals surface area contributed by atoms with E-state index in [9.17, 15) is 0 Å². The summed E-state index contributed by atoms with van der Waals surface area (Å²) < 4.78 is 0. The van der Waals surface area contributed by atoms with Gasteiger partial charge in [0.1, 0.15) is 11.7 Å². The first-order valence-electron chi connectivity index (χ1n) is 19.2. The molecule has 2 aliphatic heterocycles. The van der Waals surface area contributed by atoms with Crippen molar-refractivity contribution in [2.75, 3.05) is 18.0 Å². The summed E-state index contributed by atoms with van der Waals surface area (Å²) in [6, 6.07) is 40.6. The molecule has 4 unspecified atom stereocenters. The molecule has 0 amide bonds. The second-order valence-electron chi connectivity index (χ2n) is 14.8. The fourth-order valence-corrected chi connectivity index (χ4v) is 9.84. The van der Waals surface area contributed by atoms with Crippen LogP contribution in [-0.2, 0) is 0 Å². The van der Waals surface area contributed by atoms with Gasteiger partial charge < -0.3 is 4.90 Å². The Labute approximate surface area is 288 Å². The lowest BCUT2D eigenvalue weighted by Gasteiger charge is -2.33. The van der Waals surface area contributed by atoms with Crippen LogP contribution in [0.15, 0.2) is 109 Å². The third-order valence-corrected chi connectivity index (χ3v) is 12.0. The number of unbranched alkanes of at least 4 members (excludes halogenated alkanes) is 2. The normalized spacial score (nSPS) is 21.6. The van der Waals surface area contributed by atoms with E-state index in [-0.39, 0.29) is 0 Å². The lowest BCUT2D eigenvalue weighted by molar-refractivity contribution is -0.863. The number of rotatable bonds is 13. The first-order chi connectivity index (χ1) is 23.8. The maximum Gasteiger partial charge on any atom is 0.140 e. The van der Waals surface area contributed by atoms with E-state index in [0.29, 0.717) is 18.0 Å².